The van der Waals surface area contributed by atoms with E-state index in [1.165, 1.54) is 30.0 Å². The highest BCUT2D eigenvalue weighted by Gasteiger charge is 2.20. The van der Waals surface area contributed by atoms with Gasteiger partial charge in [0, 0.05) is 23.6 Å². The van der Waals surface area contributed by atoms with Crippen molar-refractivity contribution in [3.8, 4) is 28.7 Å². The number of thiazole rings is 1. The average Bonchev–Trinajstić information content (AvgIpc) is 3.52. The van der Waals surface area contributed by atoms with Crippen LogP contribution in [0.1, 0.15) is 12.6 Å². The van der Waals surface area contributed by atoms with E-state index >= 15 is 0 Å². The van der Waals surface area contributed by atoms with Crippen LogP contribution in [-0.4, -0.2) is 42.4 Å². The molecule has 0 aliphatic heterocycles. The first-order valence-corrected chi connectivity index (χ1v) is 12.0. The van der Waals surface area contributed by atoms with E-state index in [9.17, 15) is 4.79 Å². The third-order valence-electron chi connectivity index (χ3n) is 4.72. The lowest BCUT2D eigenvalue weighted by Gasteiger charge is -2.17. The first-order valence-electron chi connectivity index (χ1n) is 10.1. The number of hydrogen-bond acceptors (Lipinski definition) is 10. The van der Waals surface area contributed by atoms with Gasteiger partial charge in [0.25, 0.3) is 5.22 Å². The van der Waals surface area contributed by atoms with Gasteiger partial charge in [0.2, 0.25) is 17.5 Å². The molecule has 0 saturated carbocycles. The summed E-state index contributed by atoms with van der Waals surface area (Å²) in [6.07, 6.45) is 0. The van der Waals surface area contributed by atoms with Crippen LogP contribution in [0, 0.1) is 0 Å². The quantitative estimate of drug-likeness (QED) is 0.288. The van der Waals surface area contributed by atoms with Gasteiger partial charge < -0.3 is 18.6 Å². The maximum absolute atomic E-state index is 12.2. The number of nitrogens with zero attached hydrogens (tertiary/aromatic N) is 4. The molecule has 0 aliphatic carbocycles. The van der Waals surface area contributed by atoms with E-state index in [4.69, 9.17) is 18.6 Å². The molecule has 4 rings (SSSR count). The molecule has 0 radical (unpaired) electrons. The third-order valence-corrected chi connectivity index (χ3v) is 6.45. The standard InChI is InChI=1S/C23H22N4O5S2/c1-14(28)27(17-8-6-5-7-9-17)22-24-16(12-33-22)13-34-23-26-25-21(32-23)15-10-18(29-2)20(31-4)19(11-15)30-3/h5-12H,13H2,1-4H3. The molecule has 9 nitrogen and oxygen atoms in total. The highest BCUT2D eigenvalue weighted by Crippen LogP contribution is 2.41. The number of aromatic nitrogens is 3. The summed E-state index contributed by atoms with van der Waals surface area (Å²) >= 11 is 2.76. The van der Waals surface area contributed by atoms with Crippen molar-refractivity contribution in [2.24, 2.45) is 0 Å². The molecule has 0 unspecified atom stereocenters. The van der Waals surface area contributed by atoms with Gasteiger partial charge in [-0.2, -0.15) is 0 Å². The van der Waals surface area contributed by atoms with E-state index in [0.29, 0.717) is 44.8 Å². The van der Waals surface area contributed by atoms with E-state index in [1.807, 2.05) is 35.7 Å². The van der Waals surface area contributed by atoms with Gasteiger partial charge >= 0.3 is 0 Å². The molecule has 11 heteroatoms. The van der Waals surface area contributed by atoms with Crippen LogP contribution < -0.4 is 19.1 Å². The summed E-state index contributed by atoms with van der Waals surface area (Å²) in [5.74, 6) is 2.20. The summed E-state index contributed by atoms with van der Waals surface area (Å²) in [5.41, 5.74) is 2.22. The number of carbonyl (C=O) groups excluding carboxylic acids is 1. The number of hydrogen-bond donors (Lipinski definition) is 0. The second-order valence-corrected chi connectivity index (χ2v) is 8.65. The predicted octanol–water partition coefficient (Wildman–Crippen LogP) is 5.20. The minimum atomic E-state index is -0.105. The van der Waals surface area contributed by atoms with Gasteiger partial charge in [-0.3, -0.25) is 9.69 Å². The molecule has 0 spiro atoms. The number of anilines is 2. The fraction of sp³-hybridized carbons (Fsp3) is 0.217. The van der Waals surface area contributed by atoms with Gasteiger partial charge in [-0.05, 0) is 24.3 Å². The SMILES string of the molecule is COc1cc(-c2nnc(SCc3csc(N(C(C)=O)c4ccccc4)n3)o2)cc(OC)c1OC. The zero-order chi connectivity index (χ0) is 24.1. The second-order valence-electron chi connectivity index (χ2n) is 6.89. The Balaban J connectivity index is 1.48. The Hall–Kier alpha value is -3.57. The van der Waals surface area contributed by atoms with E-state index < -0.39 is 0 Å². The lowest BCUT2D eigenvalue weighted by Crippen LogP contribution is -2.22. The third kappa shape index (κ3) is 5.00. The zero-order valence-corrected chi connectivity index (χ0v) is 20.6. The molecule has 0 atom stereocenters. The van der Waals surface area contributed by atoms with Crippen LogP contribution in [0.5, 0.6) is 17.2 Å². The molecule has 2 heterocycles. The smallest absolute Gasteiger partial charge is 0.277 e. The molecule has 0 bridgehead atoms. The largest absolute Gasteiger partial charge is 0.493 e. The van der Waals surface area contributed by atoms with Crippen LogP contribution in [0.15, 0.2) is 57.5 Å². The highest BCUT2D eigenvalue weighted by atomic mass is 32.2. The molecule has 34 heavy (non-hydrogen) atoms. The van der Waals surface area contributed by atoms with Crippen molar-refractivity contribution in [1.29, 1.82) is 0 Å². The van der Waals surface area contributed by atoms with Crippen LogP contribution in [0.25, 0.3) is 11.5 Å². The Bertz CT molecular complexity index is 1250. The van der Waals surface area contributed by atoms with Gasteiger partial charge in [-0.15, -0.1) is 21.5 Å². The van der Waals surface area contributed by atoms with Gasteiger partial charge in [0.1, 0.15) is 0 Å². The van der Waals surface area contributed by atoms with E-state index in [2.05, 4.69) is 15.2 Å². The summed E-state index contributed by atoms with van der Waals surface area (Å²) in [4.78, 5) is 18.4. The Labute approximate surface area is 204 Å². The van der Waals surface area contributed by atoms with Gasteiger partial charge in [0.05, 0.1) is 32.7 Å². The first kappa shape index (κ1) is 23.6. The Morgan fingerprint density at radius 1 is 1.06 bits per heavy atom. The maximum Gasteiger partial charge on any atom is 0.277 e. The summed E-state index contributed by atoms with van der Waals surface area (Å²) in [5, 5.41) is 11.2. The van der Waals surface area contributed by atoms with Crippen molar-refractivity contribution in [3.05, 3.63) is 53.5 Å². The van der Waals surface area contributed by atoms with Crippen molar-refractivity contribution in [3.63, 3.8) is 0 Å². The van der Waals surface area contributed by atoms with Crippen LogP contribution in [0.2, 0.25) is 0 Å². The predicted molar refractivity (Wildman–Crippen MR) is 130 cm³/mol. The van der Waals surface area contributed by atoms with E-state index in [1.54, 1.807) is 38.4 Å². The number of benzene rings is 2. The van der Waals surface area contributed by atoms with Crippen molar-refractivity contribution in [2.45, 2.75) is 17.9 Å². The van der Waals surface area contributed by atoms with Gasteiger partial charge in [-0.25, -0.2) is 4.98 Å². The molecule has 4 aromatic rings. The zero-order valence-electron chi connectivity index (χ0n) is 19.0. The van der Waals surface area contributed by atoms with Gasteiger partial charge in [0.15, 0.2) is 16.6 Å². The fourth-order valence-corrected chi connectivity index (χ4v) is 4.84. The molecule has 2 aromatic heterocycles. The lowest BCUT2D eigenvalue weighted by atomic mass is 10.2. The monoisotopic (exact) mass is 498 g/mol. The van der Waals surface area contributed by atoms with Crippen LogP contribution in [-0.2, 0) is 10.5 Å². The Morgan fingerprint density at radius 3 is 2.38 bits per heavy atom. The second kappa shape index (κ2) is 10.6. The Kier molecular flexibility index (Phi) is 7.33. The number of thioether (sulfide) groups is 1. The fourth-order valence-electron chi connectivity index (χ4n) is 3.19. The minimum Gasteiger partial charge on any atom is -0.493 e. The molecule has 0 fully saturated rings. The summed E-state index contributed by atoms with van der Waals surface area (Å²) in [6.45, 7) is 1.52. The number of amides is 1. The molecular formula is C23H22N4O5S2. The number of para-hydroxylation sites is 1. The summed E-state index contributed by atoms with van der Waals surface area (Å²) in [6, 6.07) is 12.9. The topological polar surface area (TPSA) is 99.8 Å². The van der Waals surface area contributed by atoms with Crippen molar-refractivity contribution >= 4 is 39.8 Å². The van der Waals surface area contributed by atoms with Crippen LogP contribution >= 0.6 is 23.1 Å². The van der Waals surface area contributed by atoms with Crippen LogP contribution in [0.4, 0.5) is 10.8 Å². The Morgan fingerprint density at radius 2 is 1.76 bits per heavy atom. The number of ether oxygens (including phenoxy) is 3. The molecular weight excluding hydrogens is 476 g/mol. The molecule has 1 amide bonds. The van der Waals surface area contributed by atoms with Crippen molar-refractivity contribution in [1.82, 2.24) is 15.2 Å². The van der Waals surface area contributed by atoms with E-state index in [-0.39, 0.29) is 5.91 Å². The minimum absolute atomic E-state index is 0.105. The number of carbonyl (C=O) groups is 1. The molecule has 0 N–H and O–H groups in total. The summed E-state index contributed by atoms with van der Waals surface area (Å²) in [7, 11) is 4.63. The molecule has 2 aromatic carbocycles. The van der Waals surface area contributed by atoms with E-state index in [0.717, 1.165) is 11.4 Å². The number of rotatable bonds is 9. The van der Waals surface area contributed by atoms with Crippen molar-refractivity contribution < 1.29 is 23.4 Å². The number of methoxy groups -OCH3 is 3. The van der Waals surface area contributed by atoms with Gasteiger partial charge in [-0.1, -0.05) is 30.0 Å². The van der Waals surface area contributed by atoms with Crippen LogP contribution in [0.3, 0.4) is 0 Å². The first-order chi connectivity index (χ1) is 16.5. The molecule has 0 saturated heterocycles. The molecule has 0 aliphatic rings. The maximum atomic E-state index is 12.2. The average molecular weight is 499 g/mol. The summed E-state index contributed by atoms with van der Waals surface area (Å²) < 4.78 is 22.0. The molecule has 176 valence electrons. The van der Waals surface area contributed by atoms with Crippen molar-refractivity contribution in [2.75, 3.05) is 26.2 Å². The lowest BCUT2D eigenvalue weighted by molar-refractivity contribution is -0.115. The normalized spacial score (nSPS) is 10.7. The highest BCUT2D eigenvalue weighted by molar-refractivity contribution is 7.98.